The minimum atomic E-state index is -0.657. The lowest BCUT2D eigenvalue weighted by atomic mass is 10.1. The van der Waals surface area contributed by atoms with Gasteiger partial charge in [0.15, 0.2) is 6.10 Å². The zero-order valence-corrected chi connectivity index (χ0v) is 21.8. The number of cyclic esters (lactones) is 1. The van der Waals surface area contributed by atoms with E-state index in [9.17, 15) is 14.7 Å². The summed E-state index contributed by atoms with van der Waals surface area (Å²) in [5.74, 6) is 1.61. The van der Waals surface area contributed by atoms with Crippen LogP contribution >= 0.6 is 0 Å². The molecule has 1 heterocycles. The number of aliphatic hydroxyl groups excluding tert-OH is 1. The van der Waals surface area contributed by atoms with Crippen LogP contribution in [0.25, 0.3) is 0 Å². The minimum absolute atomic E-state index is 0.187. The SMILES string of the molecule is COC(=O)OC.Cc1cc(C)cc(OCC(O)CN)c1.Cc1cc(C)cc(OCC2CNC(=O)O2)c1. The first-order valence-corrected chi connectivity index (χ1v) is 11.4. The average Bonchev–Trinajstić information content (AvgIpc) is 3.25. The van der Waals surface area contributed by atoms with Gasteiger partial charge in [-0.05, 0) is 74.2 Å². The fraction of sp³-hybridized carbons (Fsp3) is 0.462. The molecule has 2 unspecified atom stereocenters. The van der Waals surface area contributed by atoms with E-state index >= 15 is 0 Å². The molecule has 1 aliphatic heterocycles. The third kappa shape index (κ3) is 12.8. The predicted octanol–water partition coefficient (Wildman–Crippen LogP) is 3.19. The number of alkyl carbamates (subject to hydrolysis) is 1. The average molecular weight is 507 g/mol. The van der Waals surface area contributed by atoms with Crippen LogP contribution in [0.5, 0.6) is 11.5 Å². The molecule has 1 amide bonds. The molecule has 3 rings (SSSR count). The zero-order valence-electron chi connectivity index (χ0n) is 21.8. The van der Waals surface area contributed by atoms with E-state index < -0.39 is 12.3 Å². The summed E-state index contributed by atoms with van der Waals surface area (Å²) in [4.78, 5) is 20.5. The number of rotatable bonds is 7. The van der Waals surface area contributed by atoms with Crippen molar-refractivity contribution in [3.8, 4) is 11.5 Å². The largest absolute Gasteiger partial charge is 0.507 e. The van der Waals surface area contributed by atoms with Crippen LogP contribution in [0, 0.1) is 27.7 Å². The summed E-state index contributed by atoms with van der Waals surface area (Å²) >= 11 is 0. The number of amides is 1. The maximum Gasteiger partial charge on any atom is 0.507 e. The van der Waals surface area contributed by atoms with Gasteiger partial charge in [0.25, 0.3) is 0 Å². The number of aryl methyl sites for hydroxylation is 4. The lowest BCUT2D eigenvalue weighted by molar-refractivity contribution is 0.0924. The van der Waals surface area contributed by atoms with E-state index in [1.54, 1.807) is 0 Å². The third-order valence-electron chi connectivity index (χ3n) is 4.62. The lowest BCUT2D eigenvalue weighted by Crippen LogP contribution is -2.26. The molecule has 1 saturated heterocycles. The van der Waals surface area contributed by atoms with Crippen molar-refractivity contribution in [1.82, 2.24) is 5.32 Å². The van der Waals surface area contributed by atoms with Gasteiger partial charge in [-0.1, -0.05) is 12.1 Å². The van der Waals surface area contributed by atoms with Crippen molar-refractivity contribution in [2.75, 3.05) is 40.5 Å². The van der Waals surface area contributed by atoms with E-state index in [4.69, 9.17) is 19.9 Å². The van der Waals surface area contributed by atoms with Crippen molar-refractivity contribution in [3.05, 3.63) is 58.7 Å². The highest BCUT2D eigenvalue weighted by Gasteiger charge is 2.22. The van der Waals surface area contributed by atoms with E-state index in [1.165, 1.54) is 14.2 Å². The second-order valence-corrected chi connectivity index (χ2v) is 8.22. The van der Waals surface area contributed by atoms with Gasteiger partial charge in [0.2, 0.25) is 0 Å². The Hall–Kier alpha value is -3.50. The number of aliphatic hydroxyl groups is 1. The Morgan fingerprint density at radius 3 is 1.81 bits per heavy atom. The highest BCUT2D eigenvalue weighted by atomic mass is 16.7. The van der Waals surface area contributed by atoms with E-state index in [2.05, 4.69) is 26.9 Å². The van der Waals surface area contributed by atoms with Crippen molar-refractivity contribution >= 4 is 12.2 Å². The molecule has 0 aliphatic carbocycles. The van der Waals surface area contributed by atoms with Crippen LogP contribution in [0.15, 0.2) is 36.4 Å². The molecule has 4 N–H and O–H groups in total. The number of nitrogens with one attached hydrogen (secondary N) is 1. The number of carbonyl (C=O) groups is 2. The Bertz CT molecular complexity index is 920. The van der Waals surface area contributed by atoms with Gasteiger partial charge in [-0.2, -0.15) is 0 Å². The van der Waals surface area contributed by atoms with Gasteiger partial charge in [0.1, 0.15) is 30.8 Å². The van der Waals surface area contributed by atoms with Gasteiger partial charge in [0.05, 0.1) is 20.8 Å². The molecule has 0 bridgehead atoms. The first-order chi connectivity index (χ1) is 17.1. The van der Waals surface area contributed by atoms with E-state index in [0.29, 0.717) is 13.2 Å². The molecule has 1 fully saturated rings. The Morgan fingerprint density at radius 2 is 1.44 bits per heavy atom. The van der Waals surface area contributed by atoms with E-state index in [1.807, 2.05) is 52.0 Å². The van der Waals surface area contributed by atoms with Crippen LogP contribution < -0.4 is 20.5 Å². The van der Waals surface area contributed by atoms with Crippen LogP contribution in [0.2, 0.25) is 0 Å². The summed E-state index contributed by atoms with van der Waals surface area (Å²) in [6.07, 6.45) is -1.80. The maximum absolute atomic E-state index is 10.8. The molecule has 2 aromatic rings. The molecule has 0 aromatic heterocycles. The van der Waals surface area contributed by atoms with Gasteiger partial charge >= 0.3 is 12.2 Å². The maximum atomic E-state index is 10.8. The second-order valence-electron chi connectivity index (χ2n) is 8.22. The monoisotopic (exact) mass is 506 g/mol. The number of benzene rings is 2. The smallest absolute Gasteiger partial charge is 0.491 e. The molecular weight excluding hydrogens is 468 g/mol. The third-order valence-corrected chi connectivity index (χ3v) is 4.62. The summed E-state index contributed by atoms with van der Waals surface area (Å²) in [5, 5.41) is 11.8. The molecule has 0 radical (unpaired) electrons. The fourth-order valence-electron chi connectivity index (χ4n) is 3.09. The van der Waals surface area contributed by atoms with Crippen molar-refractivity contribution in [3.63, 3.8) is 0 Å². The predicted molar refractivity (Wildman–Crippen MR) is 136 cm³/mol. The van der Waals surface area contributed by atoms with Crippen molar-refractivity contribution in [2.45, 2.75) is 39.9 Å². The van der Waals surface area contributed by atoms with Crippen molar-refractivity contribution in [2.24, 2.45) is 5.73 Å². The molecule has 1 aliphatic rings. The number of methoxy groups -OCH3 is 2. The molecule has 10 nitrogen and oxygen atoms in total. The molecule has 200 valence electrons. The van der Waals surface area contributed by atoms with Gasteiger partial charge < -0.3 is 39.8 Å². The number of hydrogen-bond donors (Lipinski definition) is 3. The number of ether oxygens (including phenoxy) is 5. The summed E-state index contributed by atoms with van der Waals surface area (Å²) in [6.45, 7) is 9.46. The van der Waals surface area contributed by atoms with Gasteiger partial charge in [-0.25, -0.2) is 9.59 Å². The van der Waals surface area contributed by atoms with E-state index in [-0.39, 0.29) is 25.3 Å². The van der Waals surface area contributed by atoms with Crippen molar-refractivity contribution in [1.29, 1.82) is 0 Å². The lowest BCUT2D eigenvalue weighted by Gasteiger charge is -2.11. The molecule has 0 saturated carbocycles. The molecule has 2 atom stereocenters. The molecule has 2 aromatic carbocycles. The highest BCUT2D eigenvalue weighted by molar-refractivity contribution is 5.69. The highest BCUT2D eigenvalue weighted by Crippen LogP contribution is 2.17. The summed E-state index contributed by atoms with van der Waals surface area (Å²) in [7, 11) is 2.51. The Morgan fingerprint density at radius 1 is 0.972 bits per heavy atom. The Kier molecular flexibility index (Phi) is 13.8. The quantitative estimate of drug-likeness (QED) is 0.483. The van der Waals surface area contributed by atoms with Gasteiger partial charge in [-0.15, -0.1) is 0 Å². The number of hydrogen-bond acceptors (Lipinski definition) is 9. The van der Waals surface area contributed by atoms with Crippen LogP contribution in [-0.2, 0) is 14.2 Å². The van der Waals surface area contributed by atoms with E-state index in [0.717, 1.165) is 33.8 Å². The molecular formula is C26H38N2O8. The zero-order chi connectivity index (χ0) is 27.1. The summed E-state index contributed by atoms with van der Waals surface area (Å²) in [5.41, 5.74) is 9.90. The molecule has 36 heavy (non-hydrogen) atoms. The molecule has 0 spiro atoms. The fourth-order valence-corrected chi connectivity index (χ4v) is 3.09. The van der Waals surface area contributed by atoms with Crippen LogP contribution in [0.3, 0.4) is 0 Å². The Labute approximate surface area is 212 Å². The van der Waals surface area contributed by atoms with Crippen molar-refractivity contribution < 1.29 is 38.4 Å². The number of carbonyl (C=O) groups excluding carboxylic acids is 2. The normalized spacial score (nSPS) is 14.6. The number of nitrogens with two attached hydrogens (primary N) is 1. The van der Waals surface area contributed by atoms with Crippen LogP contribution in [0.1, 0.15) is 22.3 Å². The van der Waals surface area contributed by atoms with Gasteiger partial charge in [-0.3, -0.25) is 0 Å². The topological polar surface area (TPSA) is 139 Å². The first-order valence-electron chi connectivity index (χ1n) is 11.4. The van der Waals surface area contributed by atoms with Crippen LogP contribution in [-0.4, -0.2) is 70.1 Å². The second kappa shape index (κ2) is 16.2. The standard InChI is InChI=1S/C12H15NO3.C11H17NO2.C3H6O3/c1-8-3-9(2)5-10(4-8)15-7-11-6-13-12(14)16-11;1-8-3-9(2)5-11(4-8)14-7-10(13)6-12;1-5-3(4)6-2/h3-5,11H,6-7H2,1-2H3,(H,13,14);3-5,10,13H,6-7,12H2,1-2H3;1-2H3. The van der Waals surface area contributed by atoms with Gasteiger partial charge in [0, 0.05) is 6.54 Å². The molecule has 10 heteroatoms. The van der Waals surface area contributed by atoms with Crippen LogP contribution in [0.4, 0.5) is 9.59 Å². The Balaban J connectivity index is 0.000000298. The first kappa shape index (κ1) is 30.5. The summed E-state index contributed by atoms with van der Waals surface area (Å²) < 4.78 is 24.0. The summed E-state index contributed by atoms with van der Waals surface area (Å²) in [6, 6.07) is 12.0. The minimum Gasteiger partial charge on any atom is -0.491 e.